The minimum atomic E-state index is -2.84. The minimum Gasteiger partial charge on any atom is -0.315 e. The number of nitrogens with zero attached hydrogens (tertiary/aromatic N) is 1. The number of nitrogens with one attached hydrogen (secondary N) is 1. The Kier molecular flexibility index (Phi) is 7.65. The zero-order chi connectivity index (χ0) is 15.9. The van der Waals surface area contributed by atoms with Gasteiger partial charge in [0.25, 0.3) is 0 Å². The summed E-state index contributed by atoms with van der Waals surface area (Å²) in [5.74, 6) is 0.585. The normalized spacial score (nSPS) is 19.0. The molecule has 126 valence electrons. The van der Waals surface area contributed by atoms with Crippen LogP contribution in [-0.2, 0) is 9.84 Å². The van der Waals surface area contributed by atoms with E-state index in [1.807, 2.05) is 7.05 Å². The highest BCUT2D eigenvalue weighted by Crippen LogP contribution is 2.33. The van der Waals surface area contributed by atoms with E-state index in [-0.39, 0.29) is 11.3 Å². The summed E-state index contributed by atoms with van der Waals surface area (Å²) in [6.07, 6.45) is 6.53. The van der Waals surface area contributed by atoms with Crippen LogP contribution in [0.3, 0.4) is 0 Å². The second-order valence-corrected chi connectivity index (χ2v) is 8.70. The summed E-state index contributed by atoms with van der Waals surface area (Å²) < 4.78 is 23.4. The quantitative estimate of drug-likeness (QED) is 0.672. The van der Waals surface area contributed by atoms with Gasteiger partial charge in [-0.2, -0.15) is 0 Å². The van der Waals surface area contributed by atoms with Gasteiger partial charge in [0.05, 0.1) is 5.75 Å². The summed E-state index contributed by atoms with van der Waals surface area (Å²) in [4.78, 5) is 2.64. The Hall–Kier alpha value is -0.130. The second kappa shape index (κ2) is 8.49. The molecule has 1 fully saturated rings. The second-order valence-electron chi connectivity index (χ2n) is 6.22. The van der Waals surface area contributed by atoms with E-state index in [1.165, 1.54) is 25.9 Å². The van der Waals surface area contributed by atoms with Gasteiger partial charge in [-0.05, 0) is 58.7 Å². The number of rotatable bonds is 10. The summed E-state index contributed by atoms with van der Waals surface area (Å²) in [6.45, 7) is 8.65. The smallest absolute Gasteiger partial charge is 0.150 e. The predicted octanol–water partition coefficient (Wildman–Crippen LogP) is 2.44. The van der Waals surface area contributed by atoms with Gasteiger partial charge in [0.15, 0.2) is 0 Å². The molecule has 1 unspecified atom stereocenters. The predicted molar refractivity (Wildman–Crippen MR) is 90.5 cm³/mol. The van der Waals surface area contributed by atoms with Crippen LogP contribution < -0.4 is 5.32 Å². The van der Waals surface area contributed by atoms with E-state index in [2.05, 4.69) is 24.1 Å². The van der Waals surface area contributed by atoms with Crippen molar-refractivity contribution in [1.82, 2.24) is 10.2 Å². The van der Waals surface area contributed by atoms with Gasteiger partial charge in [0.1, 0.15) is 9.84 Å². The van der Waals surface area contributed by atoms with Gasteiger partial charge in [-0.25, -0.2) is 8.42 Å². The van der Waals surface area contributed by atoms with Gasteiger partial charge in [-0.3, -0.25) is 4.90 Å². The maximum Gasteiger partial charge on any atom is 0.150 e. The third kappa shape index (κ3) is 4.67. The molecule has 1 atom stereocenters. The zero-order valence-corrected chi connectivity index (χ0v) is 15.1. The Morgan fingerprint density at radius 1 is 1.14 bits per heavy atom. The van der Waals surface area contributed by atoms with Crippen LogP contribution in [0.15, 0.2) is 0 Å². The van der Waals surface area contributed by atoms with E-state index in [0.717, 1.165) is 25.7 Å². The summed E-state index contributed by atoms with van der Waals surface area (Å²) in [6, 6.07) is 0.373. The Morgan fingerprint density at radius 2 is 1.71 bits per heavy atom. The first kappa shape index (κ1) is 18.9. The van der Waals surface area contributed by atoms with Crippen LogP contribution in [0.1, 0.15) is 59.3 Å². The lowest BCUT2D eigenvalue weighted by molar-refractivity contribution is 0.0614. The number of hydrogen-bond donors (Lipinski definition) is 1. The molecule has 0 saturated carbocycles. The third-order valence-corrected chi connectivity index (χ3v) is 7.14. The molecule has 0 aliphatic carbocycles. The highest BCUT2D eigenvalue weighted by atomic mass is 32.2. The first-order valence-electron chi connectivity index (χ1n) is 8.58. The molecule has 0 spiro atoms. The van der Waals surface area contributed by atoms with Crippen molar-refractivity contribution in [3.05, 3.63) is 0 Å². The van der Waals surface area contributed by atoms with Gasteiger partial charge in [0, 0.05) is 17.3 Å². The summed E-state index contributed by atoms with van der Waals surface area (Å²) >= 11 is 0. The van der Waals surface area contributed by atoms with E-state index in [4.69, 9.17) is 0 Å². The molecule has 0 aromatic rings. The van der Waals surface area contributed by atoms with Gasteiger partial charge < -0.3 is 5.32 Å². The van der Waals surface area contributed by atoms with Crippen LogP contribution >= 0.6 is 0 Å². The topological polar surface area (TPSA) is 49.4 Å². The van der Waals surface area contributed by atoms with Crippen molar-refractivity contribution >= 4 is 9.84 Å². The number of hydrogen-bond acceptors (Lipinski definition) is 4. The van der Waals surface area contributed by atoms with Crippen molar-refractivity contribution < 1.29 is 8.42 Å². The summed E-state index contributed by atoms with van der Waals surface area (Å²) in [5, 5.41) is 3.49. The lowest BCUT2D eigenvalue weighted by Gasteiger charge is -2.47. The first-order valence-corrected chi connectivity index (χ1v) is 10.4. The fraction of sp³-hybridized carbons (Fsp3) is 1.00. The molecule has 1 aliphatic heterocycles. The zero-order valence-electron chi connectivity index (χ0n) is 14.3. The molecule has 1 aliphatic rings. The summed E-state index contributed by atoms with van der Waals surface area (Å²) in [5.41, 5.74) is 0.182. The van der Waals surface area contributed by atoms with E-state index >= 15 is 0 Å². The third-order valence-electron chi connectivity index (χ3n) is 5.35. The molecule has 0 amide bonds. The van der Waals surface area contributed by atoms with Crippen LogP contribution in [0, 0.1) is 0 Å². The summed E-state index contributed by atoms with van der Waals surface area (Å²) in [7, 11) is -0.820. The first-order chi connectivity index (χ1) is 9.95. The highest BCUT2D eigenvalue weighted by molar-refractivity contribution is 7.91. The maximum atomic E-state index is 11.7. The Bertz CT molecular complexity index is 385. The molecule has 0 aromatic carbocycles. The van der Waals surface area contributed by atoms with E-state index in [1.54, 1.807) is 6.92 Å². The van der Waals surface area contributed by atoms with Crippen LogP contribution in [0.2, 0.25) is 0 Å². The molecule has 1 saturated heterocycles. The molecular weight excluding hydrogens is 284 g/mol. The van der Waals surface area contributed by atoms with Crippen LogP contribution in [0.5, 0.6) is 0 Å². The lowest BCUT2D eigenvalue weighted by atomic mass is 9.80. The molecule has 21 heavy (non-hydrogen) atoms. The molecule has 1 rings (SSSR count). The van der Waals surface area contributed by atoms with Crippen LogP contribution in [0.25, 0.3) is 0 Å². The van der Waals surface area contributed by atoms with Crippen molar-refractivity contribution in [1.29, 1.82) is 0 Å². The van der Waals surface area contributed by atoms with Crippen molar-refractivity contribution in [2.24, 2.45) is 0 Å². The van der Waals surface area contributed by atoms with Crippen molar-refractivity contribution in [3.8, 4) is 0 Å². The Morgan fingerprint density at radius 3 is 2.14 bits per heavy atom. The highest BCUT2D eigenvalue weighted by Gasteiger charge is 2.41. The molecule has 0 radical (unpaired) electrons. The molecule has 1 N–H and O–H groups in total. The van der Waals surface area contributed by atoms with E-state index in [0.29, 0.717) is 11.8 Å². The molecular formula is C16H34N2O2S. The van der Waals surface area contributed by atoms with E-state index < -0.39 is 9.84 Å². The van der Waals surface area contributed by atoms with Crippen molar-refractivity contribution in [3.63, 3.8) is 0 Å². The molecule has 5 heteroatoms. The van der Waals surface area contributed by atoms with E-state index in [9.17, 15) is 8.42 Å². The van der Waals surface area contributed by atoms with Crippen LogP contribution in [-0.4, -0.2) is 56.5 Å². The average Bonchev–Trinajstić information content (AvgIpc) is 3.01. The van der Waals surface area contributed by atoms with Gasteiger partial charge in [-0.1, -0.05) is 20.8 Å². The fourth-order valence-electron chi connectivity index (χ4n) is 3.91. The van der Waals surface area contributed by atoms with Crippen molar-refractivity contribution in [2.75, 3.05) is 31.6 Å². The van der Waals surface area contributed by atoms with Gasteiger partial charge in [0.2, 0.25) is 0 Å². The van der Waals surface area contributed by atoms with Crippen molar-refractivity contribution in [2.45, 2.75) is 70.9 Å². The molecule has 1 heterocycles. The van der Waals surface area contributed by atoms with Crippen LogP contribution in [0.4, 0.5) is 0 Å². The SMILES string of the molecule is CCC(CC)(C(CCCS(=O)(=O)CC)NC)N1CCCC1. The standard InChI is InChI=1S/C16H34N2O2S/c1-5-16(6-2,18-12-8-9-13-18)15(17-4)11-10-14-21(19,20)7-3/h15,17H,5-14H2,1-4H3. The maximum absolute atomic E-state index is 11.7. The molecule has 0 aromatic heterocycles. The Balaban J connectivity index is 2.73. The number of likely N-dealkylation sites (N-methyl/N-ethyl adjacent to an activating group) is 1. The number of sulfone groups is 1. The van der Waals surface area contributed by atoms with Gasteiger partial charge in [-0.15, -0.1) is 0 Å². The minimum absolute atomic E-state index is 0.182. The largest absolute Gasteiger partial charge is 0.315 e. The number of likely N-dealkylation sites (tertiary alicyclic amines) is 1. The van der Waals surface area contributed by atoms with Gasteiger partial charge >= 0.3 is 0 Å². The molecule has 0 bridgehead atoms. The average molecular weight is 319 g/mol. The Labute approximate surface area is 131 Å². The monoisotopic (exact) mass is 318 g/mol. The lowest BCUT2D eigenvalue weighted by Crippen LogP contribution is -2.59. The molecule has 4 nitrogen and oxygen atoms in total. The fourth-order valence-corrected chi connectivity index (χ4v) is 4.80.